The molecule has 4 nitrogen and oxygen atoms in total. The Labute approximate surface area is 167 Å². The molecule has 0 aliphatic rings. The molecular weight excluding hydrogens is 374 g/mol. The van der Waals surface area contributed by atoms with Crippen molar-refractivity contribution in [3.05, 3.63) is 41.0 Å². The van der Waals surface area contributed by atoms with Gasteiger partial charge in [-0.3, -0.25) is 0 Å². The Kier molecular flexibility index (Phi) is 8.06. The molecule has 1 aromatic rings. The van der Waals surface area contributed by atoms with Crippen molar-refractivity contribution in [2.75, 3.05) is 6.61 Å². The quantitative estimate of drug-likeness (QED) is 0.470. The molecule has 6 heteroatoms. The summed E-state index contributed by atoms with van der Waals surface area (Å²) in [6.45, 7) is 18.9. The van der Waals surface area contributed by atoms with Gasteiger partial charge in [-0.15, -0.1) is 0 Å². The monoisotopic (exact) mass is 411 g/mol. The zero-order valence-corrected chi connectivity index (χ0v) is 20.3. The van der Waals surface area contributed by atoms with Gasteiger partial charge in [-0.25, -0.2) is 13.1 Å². The highest BCUT2D eigenvalue weighted by molar-refractivity contribution is 7.89. The molecule has 0 saturated carbocycles. The van der Waals surface area contributed by atoms with Gasteiger partial charge >= 0.3 is 0 Å². The Balaban J connectivity index is 3.11. The average molecular weight is 412 g/mol. The number of sulfonamides is 1. The van der Waals surface area contributed by atoms with E-state index in [-0.39, 0.29) is 11.1 Å². The third kappa shape index (κ3) is 6.56. The van der Waals surface area contributed by atoms with E-state index < -0.39 is 18.3 Å². The lowest BCUT2D eigenvalue weighted by Crippen LogP contribution is -2.45. The van der Waals surface area contributed by atoms with E-state index in [1.807, 2.05) is 52.0 Å². The molecule has 0 spiro atoms. The van der Waals surface area contributed by atoms with Gasteiger partial charge in [-0.1, -0.05) is 57.5 Å². The van der Waals surface area contributed by atoms with Crippen LogP contribution in [0, 0.1) is 20.8 Å². The Morgan fingerprint density at radius 2 is 1.67 bits per heavy atom. The summed E-state index contributed by atoms with van der Waals surface area (Å²) >= 11 is 0. The van der Waals surface area contributed by atoms with Gasteiger partial charge in [0, 0.05) is 0 Å². The number of nitrogens with one attached hydrogen (secondary N) is 1. The molecule has 154 valence electrons. The van der Waals surface area contributed by atoms with Gasteiger partial charge in [0.25, 0.3) is 0 Å². The number of aryl methyl sites for hydroxylation is 3. The van der Waals surface area contributed by atoms with E-state index in [1.54, 1.807) is 0 Å². The molecule has 1 rings (SSSR count). The number of rotatable bonds is 8. The molecule has 1 atom stereocenters. The summed E-state index contributed by atoms with van der Waals surface area (Å²) in [5.41, 5.74) is 2.60. The van der Waals surface area contributed by atoms with E-state index in [2.05, 4.69) is 38.6 Å². The van der Waals surface area contributed by atoms with Gasteiger partial charge in [0.2, 0.25) is 10.0 Å². The molecule has 0 aliphatic heterocycles. The van der Waals surface area contributed by atoms with Crippen molar-refractivity contribution >= 4 is 18.3 Å². The standard InChI is InChI=1S/C21H37NO3SSi/c1-10-11-12-19(15-25-27(8,9)21(5,6)7)22-26(23,24)20-17(3)13-16(2)14-18(20)4/h11-14,19,22H,10,15H2,1-9H3/b12-11+/t19-/m0/s1. The normalized spacial score (nSPS) is 14.7. The van der Waals surface area contributed by atoms with Crippen LogP contribution in [0.2, 0.25) is 18.1 Å². The van der Waals surface area contributed by atoms with Crippen LogP contribution in [0.15, 0.2) is 29.2 Å². The lowest BCUT2D eigenvalue weighted by Gasteiger charge is -2.37. The van der Waals surface area contributed by atoms with Crippen LogP contribution in [0.1, 0.15) is 50.8 Å². The Morgan fingerprint density at radius 1 is 1.15 bits per heavy atom. The zero-order valence-electron chi connectivity index (χ0n) is 18.4. The Bertz CT molecular complexity index is 754. The fraction of sp³-hybridized carbons (Fsp3) is 0.619. The number of allylic oxidation sites excluding steroid dienone is 1. The molecule has 0 saturated heterocycles. The third-order valence-electron chi connectivity index (χ3n) is 5.21. The summed E-state index contributed by atoms with van der Waals surface area (Å²) < 4.78 is 35.3. The highest BCUT2D eigenvalue weighted by Crippen LogP contribution is 2.36. The second-order valence-electron chi connectivity index (χ2n) is 8.86. The summed E-state index contributed by atoms with van der Waals surface area (Å²) in [6, 6.07) is 3.43. The van der Waals surface area contributed by atoms with Crippen molar-refractivity contribution in [2.45, 2.75) is 84.0 Å². The number of hydrogen-bond donors (Lipinski definition) is 1. The van der Waals surface area contributed by atoms with Crippen LogP contribution in [-0.4, -0.2) is 29.4 Å². The molecular formula is C21H37NO3SSi. The summed E-state index contributed by atoms with van der Waals surface area (Å²) in [5, 5.41) is 0.0784. The van der Waals surface area contributed by atoms with Gasteiger partial charge in [0.05, 0.1) is 17.5 Å². The van der Waals surface area contributed by atoms with E-state index in [4.69, 9.17) is 4.43 Å². The van der Waals surface area contributed by atoms with Crippen LogP contribution in [0.3, 0.4) is 0 Å². The maximum Gasteiger partial charge on any atom is 0.241 e. The first-order valence-corrected chi connectivity index (χ1v) is 14.0. The first-order valence-electron chi connectivity index (χ1n) is 9.62. The first kappa shape index (κ1) is 24.1. The molecule has 0 fully saturated rings. The summed E-state index contributed by atoms with van der Waals surface area (Å²) in [5.74, 6) is 0. The fourth-order valence-electron chi connectivity index (χ4n) is 2.79. The van der Waals surface area contributed by atoms with E-state index in [9.17, 15) is 8.42 Å². The van der Waals surface area contributed by atoms with Gasteiger partial charge in [0.15, 0.2) is 8.32 Å². The van der Waals surface area contributed by atoms with E-state index >= 15 is 0 Å². The molecule has 0 unspecified atom stereocenters. The predicted molar refractivity (Wildman–Crippen MR) is 117 cm³/mol. The van der Waals surface area contributed by atoms with Crippen molar-refractivity contribution in [2.24, 2.45) is 0 Å². The lowest BCUT2D eigenvalue weighted by atomic mass is 10.1. The first-order chi connectivity index (χ1) is 12.2. The van der Waals surface area contributed by atoms with Crippen LogP contribution in [0.5, 0.6) is 0 Å². The van der Waals surface area contributed by atoms with Crippen molar-refractivity contribution in [1.29, 1.82) is 0 Å². The van der Waals surface area contributed by atoms with Crippen LogP contribution >= 0.6 is 0 Å². The smallest absolute Gasteiger partial charge is 0.241 e. The van der Waals surface area contributed by atoms with E-state index in [1.165, 1.54) is 0 Å². The van der Waals surface area contributed by atoms with Crippen LogP contribution in [0.25, 0.3) is 0 Å². The van der Waals surface area contributed by atoms with Crippen LogP contribution in [0.4, 0.5) is 0 Å². The number of hydrogen-bond acceptors (Lipinski definition) is 3. The van der Waals surface area contributed by atoms with E-state index in [0.29, 0.717) is 11.5 Å². The SMILES string of the molecule is CC/C=C/[C@@H](CO[Si](C)(C)C(C)(C)C)NS(=O)(=O)c1c(C)cc(C)cc1C. The molecule has 1 aromatic carbocycles. The van der Waals surface area contributed by atoms with Crippen molar-refractivity contribution in [3.8, 4) is 0 Å². The largest absolute Gasteiger partial charge is 0.415 e. The minimum Gasteiger partial charge on any atom is -0.415 e. The Hall–Kier alpha value is -0.953. The average Bonchev–Trinajstić information content (AvgIpc) is 2.47. The topological polar surface area (TPSA) is 55.4 Å². The summed E-state index contributed by atoms with van der Waals surface area (Å²) in [7, 11) is -5.60. The maximum absolute atomic E-state index is 13.1. The van der Waals surface area contributed by atoms with Crippen LogP contribution < -0.4 is 4.72 Å². The fourth-order valence-corrected chi connectivity index (χ4v) is 5.45. The van der Waals surface area contributed by atoms with Gasteiger partial charge in [-0.05, 0) is 56.5 Å². The molecule has 0 radical (unpaired) electrons. The highest BCUT2D eigenvalue weighted by Gasteiger charge is 2.37. The molecule has 0 aromatic heterocycles. The van der Waals surface area contributed by atoms with E-state index in [0.717, 1.165) is 23.1 Å². The second kappa shape index (κ2) is 9.03. The minimum atomic E-state index is -3.64. The molecule has 0 aliphatic carbocycles. The van der Waals surface area contributed by atoms with Crippen molar-refractivity contribution < 1.29 is 12.8 Å². The highest BCUT2D eigenvalue weighted by atomic mass is 32.2. The van der Waals surface area contributed by atoms with Gasteiger partial charge in [0.1, 0.15) is 0 Å². The Morgan fingerprint density at radius 3 is 2.11 bits per heavy atom. The second-order valence-corrected chi connectivity index (χ2v) is 15.3. The zero-order chi connectivity index (χ0) is 21.0. The molecule has 1 N–H and O–H groups in total. The third-order valence-corrected chi connectivity index (χ3v) is 11.5. The molecule has 0 bridgehead atoms. The summed E-state index contributed by atoms with van der Waals surface area (Å²) in [4.78, 5) is 0.371. The van der Waals surface area contributed by atoms with Gasteiger partial charge < -0.3 is 4.43 Å². The molecule has 27 heavy (non-hydrogen) atoms. The van der Waals surface area contributed by atoms with Crippen LogP contribution in [-0.2, 0) is 14.4 Å². The minimum absolute atomic E-state index is 0.0784. The maximum atomic E-state index is 13.1. The molecule has 0 heterocycles. The molecule has 0 amide bonds. The lowest BCUT2D eigenvalue weighted by molar-refractivity contribution is 0.272. The van der Waals surface area contributed by atoms with Crippen molar-refractivity contribution in [1.82, 2.24) is 4.72 Å². The van der Waals surface area contributed by atoms with Gasteiger partial charge in [-0.2, -0.15) is 0 Å². The van der Waals surface area contributed by atoms with Crippen molar-refractivity contribution in [3.63, 3.8) is 0 Å². The predicted octanol–water partition coefficient (Wildman–Crippen LogP) is 5.25. The number of benzene rings is 1. The summed E-state index contributed by atoms with van der Waals surface area (Å²) in [6.07, 6.45) is 4.74.